The first-order chi connectivity index (χ1) is 9.97. The summed E-state index contributed by atoms with van der Waals surface area (Å²) in [7, 11) is -3.70. The number of sulfonamides is 1. The molecule has 7 heteroatoms. The van der Waals surface area contributed by atoms with Gasteiger partial charge in [-0.1, -0.05) is 12.8 Å². The van der Waals surface area contributed by atoms with Crippen LogP contribution in [-0.4, -0.2) is 39.5 Å². The van der Waals surface area contributed by atoms with E-state index in [-0.39, 0.29) is 4.90 Å². The summed E-state index contributed by atoms with van der Waals surface area (Å²) < 4.78 is 22.5. The van der Waals surface area contributed by atoms with Crippen molar-refractivity contribution in [2.45, 2.75) is 30.6 Å². The topological polar surface area (TPSA) is 101 Å². The van der Waals surface area contributed by atoms with Gasteiger partial charge < -0.3 is 16.0 Å². The van der Waals surface area contributed by atoms with Crippen LogP contribution in [0.5, 0.6) is 0 Å². The SMILES string of the molecule is Nc1cc(S(N)(=O)=O)ccc1NCCN1CCCCCC1. The van der Waals surface area contributed by atoms with Crippen molar-refractivity contribution in [1.29, 1.82) is 0 Å². The molecule has 5 N–H and O–H groups in total. The van der Waals surface area contributed by atoms with E-state index in [2.05, 4.69) is 10.2 Å². The van der Waals surface area contributed by atoms with Gasteiger partial charge in [0.1, 0.15) is 0 Å². The summed E-state index contributed by atoms with van der Waals surface area (Å²) in [5.74, 6) is 0. The molecule has 1 fully saturated rings. The van der Waals surface area contributed by atoms with Crippen LogP contribution in [0.1, 0.15) is 25.7 Å². The molecule has 0 bridgehead atoms. The Labute approximate surface area is 126 Å². The zero-order chi connectivity index (χ0) is 15.3. The van der Waals surface area contributed by atoms with Gasteiger partial charge in [0.2, 0.25) is 10.0 Å². The van der Waals surface area contributed by atoms with E-state index in [4.69, 9.17) is 10.9 Å². The Morgan fingerprint density at radius 3 is 2.38 bits per heavy atom. The van der Waals surface area contributed by atoms with Gasteiger partial charge in [0, 0.05) is 13.1 Å². The van der Waals surface area contributed by atoms with E-state index in [1.807, 2.05) is 0 Å². The summed E-state index contributed by atoms with van der Waals surface area (Å²) in [5.41, 5.74) is 7.01. The smallest absolute Gasteiger partial charge is 0.238 e. The fourth-order valence-corrected chi connectivity index (χ4v) is 3.14. The largest absolute Gasteiger partial charge is 0.397 e. The molecule has 1 aliphatic heterocycles. The van der Waals surface area contributed by atoms with E-state index < -0.39 is 10.0 Å². The summed E-state index contributed by atoms with van der Waals surface area (Å²) in [6, 6.07) is 4.53. The van der Waals surface area contributed by atoms with Crippen LogP contribution in [0.15, 0.2) is 23.1 Å². The molecule has 0 amide bonds. The van der Waals surface area contributed by atoms with Crippen LogP contribution in [-0.2, 0) is 10.0 Å². The molecule has 1 aromatic rings. The molecule has 118 valence electrons. The van der Waals surface area contributed by atoms with Gasteiger partial charge in [0.15, 0.2) is 0 Å². The van der Waals surface area contributed by atoms with Crippen molar-refractivity contribution in [1.82, 2.24) is 4.90 Å². The van der Waals surface area contributed by atoms with Crippen molar-refractivity contribution in [2.75, 3.05) is 37.2 Å². The quantitative estimate of drug-likeness (QED) is 0.709. The maximum absolute atomic E-state index is 11.2. The molecule has 0 aliphatic carbocycles. The van der Waals surface area contributed by atoms with Gasteiger partial charge in [-0.2, -0.15) is 0 Å². The molecule has 0 spiro atoms. The minimum atomic E-state index is -3.70. The molecule has 0 aromatic heterocycles. The van der Waals surface area contributed by atoms with Crippen molar-refractivity contribution >= 4 is 21.4 Å². The summed E-state index contributed by atoms with van der Waals surface area (Å²) in [4.78, 5) is 2.49. The summed E-state index contributed by atoms with van der Waals surface area (Å²) in [6.45, 7) is 4.07. The highest BCUT2D eigenvalue weighted by Crippen LogP contribution is 2.21. The number of nitrogens with two attached hydrogens (primary N) is 2. The lowest BCUT2D eigenvalue weighted by Gasteiger charge is -2.20. The number of nitrogens with one attached hydrogen (secondary N) is 1. The van der Waals surface area contributed by atoms with Crippen LogP contribution < -0.4 is 16.2 Å². The molecular weight excluding hydrogens is 288 g/mol. The monoisotopic (exact) mass is 312 g/mol. The van der Waals surface area contributed by atoms with E-state index in [1.54, 1.807) is 6.07 Å². The first-order valence-corrected chi connectivity index (χ1v) is 8.90. The number of anilines is 2. The lowest BCUT2D eigenvalue weighted by Crippen LogP contribution is -2.30. The van der Waals surface area contributed by atoms with Gasteiger partial charge in [0.25, 0.3) is 0 Å². The Morgan fingerprint density at radius 1 is 1.14 bits per heavy atom. The first kappa shape index (κ1) is 16.1. The van der Waals surface area contributed by atoms with Crippen molar-refractivity contribution in [3.8, 4) is 0 Å². The number of benzene rings is 1. The number of rotatable bonds is 5. The molecule has 1 aliphatic rings. The van der Waals surface area contributed by atoms with Crippen molar-refractivity contribution in [2.24, 2.45) is 5.14 Å². The Hall–Kier alpha value is -1.31. The lowest BCUT2D eigenvalue weighted by molar-refractivity contribution is 0.296. The summed E-state index contributed by atoms with van der Waals surface area (Å²) >= 11 is 0. The van der Waals surface area contributed by atoms with Gasteiger partial charge in [-0.25, -0.2) is 13.6 Å². The predicted octanol–water partition coefficient (Wildman–Crippen LogP) is 1.20. The molecule has 21 heavy (non-hydrogen) atoms. The molecule has 2 rings (SSSR count). The normalized spacial score (nSPS) is 17.4. The fraction of sp³-hybridized carbons (Fsp3) is 0.571. The average molecular weight is 312 g/mol. The Kier molecular flexibility index (Phi) is 5.44. The lowest BCUT2D eigenvalue weighted by atomic mass is 10.2. The third-order valence-electron chi connectivity index (χ3n) is 3.79. The molecule has 1 saturated heterocycles. The van der Waals surface area contributed by atoms with E-state index in [0.717, 1.165) is 31.9 Å². The molecule has 0 saturated carbocycles. The van der Waals surface area contributed by atoms with Crippen LogP contribution in [0, 0.1) is 0 Å². The predicted molar refractivity (Wildman–Crippen MR) is 85.6 cm³/mol. The van der Waals surface area contributed by atoms with Crippen LogP contribution in [0.2, 0.25) is 0 Å². The summed E-state index contributed by atoms with van der Waals surface area (Å²) in [6.07, 6.45) is 5.19. The number of nitrogens with zero attached hydrogens (tertiary/aromatic N) is 1. The first-order valence-electron chi connectivity index (χ1n) is 7.35. The zero-order valence-corrected chi connectivity index (χ0v) is 13.0. The summed E-state index contributed by atoms with van der Waals surface area (Å²) in [5, 5.41) is 8.33. The van der Waals surface area contributed by atoms with E-state index in [9.17, 15) is 8.42 Å². The molecule has 6 nitrogen and oxygen atoms in total. The van der Waals surface area contributed by atoms with Crippen molar-refractivity contribution in [3.05, 3.63) is 18.2 Å². The van der Waals surface area contributed by atoms with Crippen LogP contribution in [0.3, 0.4) is 0 Å². The Bertz CT molecular complexity index is 566. The second kappa shape index (κ2) is 7.11. The number of hydrogen-bond donors (Lipinski definition) is 3. The molecule has 1 aromatic carbocycles. The van der Waals surface area contributed by atoms with E-state index >= 15 is 0 Å². The maximum atomic E-state index is 11.2. The van der Waals surface area contributed by atoms with Crippen LogP contribution >= 0.6 is 0 Å². The van der Waals surface area contributed by atoms with Crippen LogP contribution in [0.4, 0.5) is 11.4 Å². The third-order valence-corrected chi connectivity index (χ3v) is 4.70. The highest BCUT2D eigenvalue weighted by molar-refractivity contribution is 7.89. The number of likely N-dealkylation sites (tertiary alicyclic amines) is 1. The molecular formula is C14H24N4O2S. The minimum absolute atomic E-state index is 0.0399. The molecule has 0 unspecified atom stereocenters. The number of hydrogen-bond acceptors (Lipinski definition) is 5. The second-order valence-electron chi connectivity index (χ2n) is 5.48. The highest BCUT2D eigenvalue weighted by Gasteiger charge is 2.11. The number of nitrogen functional groups attached to an aromatic ring is 1. The van der Waals surface area contributed by atoms with Gasteiger partial charge in [0.05, 0.1) is 16.3 Å². The van der Waals surface area contributed by atoms with Crippen molar-refractivity contribution in [3.63, 3.8) is 0 Å². The standard InChI is InChI=1S/C14H24N4O2S/c15-13-11-12(21(16,19)20)5-6-14(13)17-7-10-18-8-3-1-2-4-9-18/h5-6,11,17H,1-4,7-10,15H2,(H2,16,19,20). The van der Waals surface area contributed by atoms with Gasteiger partial charge in [-0.05, 0) is 44.1 Å². The Balaban J connectivity index is 1.88. The van der Waals surface area contributed by atoms with E-state index in [0.29, 0.717) is 5.69 Å². The zero-order valence-electron chi connectivity index (χ0n) is 12.2. The van der Waals surface area contributed by atoms with Gasteiger partial charge in [-0.15, -0.1) is 0 Å². The van der Waals surface area contributed by atoms with E-state index in [1.165, 1.54) is 37.8 Å². The molecule has 1 heterocycles. The Morgan fingerprint density at radius 2 is 1.81 bits per heavy atom. The second-order valence-corrected chi connectivity index (χ2v) is 7.04. The highest BCUT2D eigenvalue weighted by atomic mass is 32.2. The third kappa shape index (κ3) is 4.87. The van der Waals surface area contributed by atoms with Gasteiger partial charge >= 0.3 is 0 Å². The van der Waals surface area contributed by atoms with Gasteiger partial charge in [-0.3, -0.25) is 0 Å². The van der Waals surface area contributed by atoms with Crippen molar-refractivity contribution < 1.29 is 8.42 Å². The molecule has 0 atom stereocenters. The fourth-order valence-electron chi connectivity index (χ4n) is 2.59. The maximum Gasteiger partial charge on any atom is 0.238 e. The van der Waals surface area contributed by atoms with Crippen LogP contribution in [0.25, 0.3) is 0 Å². The minimum Gasteiger partial charge on any atom is -0.397 e. The number of primary sulfonamides is 1. The average Bonchev–Trinajstić information content (AvgIpc) is 2.68. The molecule has 0 radical (unpaired) electrons.